The number of benzene rings is 7. The van der Waals surface area contributed by atoms with Crippen LogP contribution in [-0.2, 0) is 0 Å². The van der Waals surface area contributed by atoms with E-state index in [4.69, 9.17) is 4.98 Å². The van der Waals surface area contributed by atoms with Gasteiger partial charge in [-0.25, -0.2) is 4.98 Å². The molecule has 3 heterocycles. The van der Waals surface area contributed by atoms with Gasteiger partial charge in [0.15, 0.2) is 0 Å². The Morgan fingerprint density at radius 1 is 0.489 bits per heavy atom. The van der Waals surface area contributed by atoms with Crippen molar-refractivity contribution in [2.45, 2.75) is 0 Å². The summed E-state index contributed by atoms with van der Waals surface area (Å²) in [4.78, 5) is 5.31. The molecule has 0 fully saturated rings. The molecule has 0 aliphatic heterocycles. The molecule has 0 saturated heterocycles. The number of hydrogen-bond acceptors (Lipinski definition) is 3. The lowest BCUT2D eigenvalue weighted by Crippen LogP contribution is -1.93. The van der Waals surface area contributed by atoms with Crippen molar-refractivity contribution >= 4 is 85.6 Å². The number of nitrogens with zero attached hydrogens (tertiary/aromatic N) is 2. The maximum Gasteiger partial charge on any atom is 0.124 e. The average Bonchev–Trinajstić information content (AvgIpc) is 3.79. The topological polar surface area (TPSA) is 17.8 Å². The fourth-order valence-corrected chi connectivity index (χ4v) is 9.18. The predicted octanol–water partition coefficient (Wildman–Crippen LogP) is 12.2. The lowest BCUT2D eigenvalue weighted by Gasteiger charge is -2.09. The quantitative estimate of drug-likeness (QED) is 0.195. The van der Waals surface area contributed by atoms with E-state index in [2.05, 4.69) is 150 Å². The first kappa shape index (κ1) is 25.1. The maximum atomic E-state index is 5.31. The molecule has 210 valence electrons. The van der Waals surface area contributed by atoms with Crippen molar-refractivity contribution in [3.05, 3.63) is 146 Å². The van der Waals surface area contributed by atoms with Gasteiger partial charge in [-0.05, 0) is 70.9 Å². The van der Waals surface area contributed by atoms with Crippen molar-refractivity contribution in [2.24, 2.45) is 0 Å². The van der Waals surface area contributed by atoms with Crippen LogP contribution in [-0.4, -0.2) is 9.55 Å². The highest BCUT2D eigenvalue weighted by Crippen LogP contribution is 2.46. The lowest BCUT2D eigenvalue weighted by molar-refractivity contribution is 1.18. The van der Waals surface area contributed by atoms with Crippen LogP contribution in [0.25, 0.3) is 90.4 Å². The molecule has 10 aromatic rings. The Labute approximate surface area is 267 Å². The normalized spacial score (nSPS) is 12.0. The summed E-state index contributed by atoms with van der Waals surface area (Å²) in [6.07, 6.45) is 0. The Hall–Kier alpha value is -5.29. The Bertz CT molecular complexity index is 2750. The third-order valence-electron chi connectivity index (χ3n) is 9.00. The number of hydrogen-bond donors (Lipinski definition) is 0. The van der Waals surface area contributed by atoms with Gasteiger partial charge in [-0.15, -0.1) is 22.7 Å². The van der Waals surface area contributed by atoms with Crippen LogP contribution in [0.5, 0.6) is 0 Å². The minimum Gasteiger partial charge on any atom is -0.309 e. The number of rotatable bonds is 3. The van der Waals surface area contributed by atoms with Gasteiger partial charge in [0.2, 0.25) is 0 Å². The molecule has 0 amide bonds. The second kappa shape index (κ2) is 9.60. The van der Waals surface area contributed by atoms with Crippen LogP contribution in [0.1, 0.15) is 0 Å². The van der Waals surface area contributed by atoms with Crippen LogP contribution < -0.4 is 0 Å². The second-order valence-corrected chi connectivity index (χ2v) is 13.7. The minimum atomic E-state index is 1.05. The molecule has 10 rings (SSSR count). The van der Waals surface area contributed by atoms with Gasteiger partial charge < -0.3 is 4.57 Å². The highest BCUT2D eigenvalue weighted by atomic mass is 32.1. The van der Waals surface area contributed by atoms with Crippen LogP contribution in [0, 0.1) is 0 Å². The molecule has 0 aliphatic carbocycles. The SMILES string of the molecule is c1ccc(-c2cc3sc(-c4ccc(-n5c6ccccc6c6cc7ccccc7cc65)cc4)nc3c3c2sc2ccccc23)cc1. The van der Waals surface area contributed by atoms with Crippen molar-refractivity contribution < 1.29 is 0 Å². The van der Waals surface area contributed by atoms with Crippen LogP contribution in [0.4, 0.5) is 0 Å². The first-order valence-corrected chi connectivity index (χ1v) is 16.8. The molecular formula is C41H24N2S2. The van der Waals surface area contributed by atoms with E-state index in [1.54, 1.807) is 11.3 Å². The number of fused-ring (bicyclic) bond motifs is 9. The summed E-state index contributed by atoms with van der Waals surface area (Å²) in [5, 5.41) is 8.67. The van der Waals surface area contributed by atoms with E-state index in [-0.39, 0.29) is 0 Å². The molecule has 0 N–H and O–H groups in total. The Morgan fingerprint density at radius 2 is 1.20 bits per heavy atom. The van der Waals surface area contributed by atoms with Gasteiger partial charge in [-0.1, -0.05) is 91.0 Å². The molecule has 0 saturated carbocycles. The maximum absolute atomic E-state index is 5.31. The van der Waals surface area contributed by atoms with Gasteiger partial charge >= 0.3 is 0 Å². The minimum absolute atomic E-state index is 1.05. The molecule has 4 heteroatoms. The lowest BCUT2D eigenvalue weighted by atomic mass is 10.0. The van der Waals surface area contributed by atoms with Gasteiger partial charge in [0, 0.05) is 47.8 Å². The van der Waals surface area contributed by atoms with E-state index in [0.29, 0.717) is 0 Å². The average molecular weight is 609 g/mol. The highest BCUT2D eigenvalue weighted by Gasteiger charge is 2.19. The van der Waals surface area contributed by atoms with Crippen molar-refractivity contribution in [3.8, 4) is 27.4 Å². The fraction of sp³-hybridized carbons (Fsp3) is 0. The van der Waals surface area contributed by atoms with Gasteiger partial charge in [-0.3, -0.25) is 0 Å². The molecule has 2 nitrogen and oxygen atoms in total. The molecule has 0 atom stereocenters. The summed E-state index contributed by atoms with van der Waals surface area (Å²) in [5.74, 6) is 0. The zero-order valence-electron chi connectivity index (χ0n) is 24.1. The second-order valence-electron chi connectivity index (χ2n) is 11.6. The van der Waals surface area contributed by atoms with Gasteiger partial charge in [-0.2, -0.15) is 0 Å². The highest BCUT2D eigenvalue weighted by molar-refractivity contribution is 7.27. The van der Waals surface area contributed by atoms with E-state index >= 15 is 0 Å². The van der Waals surface area contributed by atoms with E-state index in [9.17, 15) is 0 Å². The van der Waals surface area contributed by atoms with E-state index in [1.165, 1.54) is 68.6 Å². The summed E-state index contributed by atoms with van der Waals surface area (Å²) in [6, 6.07) is 52.8. The van der Waals surface area contributed by atoms with Gasteiger partial charge in [0.1, 0.15) is 5.01 Å². The summed E-state index contributed by atoms with van der Waals surface area (Å²) in [5.41, 5.74) is 8.36. The van der Waals surface area contributed by atoms with Crippen LogP contribution in [0.2, 0.25) is 0 Å². The van der Waals surface area contributed by atoms with E-state index < -0.39 is 0 Å². The summed E-state index contributed by atoms with van der Waals surface area (Å²) in [7, 11) is 0. The van der Waals surface area contributed by atoms with Crippen LogP contribution >= 0.6 is 22.7 Å². The fourth-order valence-electron chi connectivity index (χ4n) is 6.92. The van der Waals surface area contributed by atoms with E-state index in [1.807, 2.05) is 11.3 Å². The van der Waals surface area contributed by atoms with Crippen molar-refractivity contribution in [1.82, 2.24) is 9.55 Å². The molecular weight excluding hydrogens is 585 g/mol. The zero-order valence-corrected chi connectivity index (χ0v) is 25.7. The Kier molecular flexibility index (Phi) is 5.35. The molecule has 45 heavy (non-hydrogen) atoms. The molecule has 0 unspecified atom stereocenters. The standard InChI is InChI=1S/C41H24N2S2/c1-2-10-25(11-3-1)32-24-37-39(38-31-15-7-9-17-36(31)44-40(32)38)42-41(45-37)26-18-20-29(21-19-26)43-34-16-8-6-14-30(34)33-22-27-12-4-5-13-28(27)23-35(33)43/h1-24H. The molecule has 0 aliphatic rings. The first-order chi connectivity index (χ1) is 22.3. The van der Waals surface area contributed by atoms with E-state index in [0.717, 1.165) is 21.8 Å². The molecule has 0 spiro atoms. The summed E-state index contributed by atoms with van der Waals surface area (Å²) >= 11 is 3.65. The molecule has 0 radical (unpaired) electrons. The third kappa shape index (κ3) is 3.77. The first-order valence-electron chi connectivity index (χ1n) is 15.1. The third-order valence-corrected chi connectivity index (χ3v) is 11.3. The summed E-state index contributed by atoms with van der Waals surface area (Å²) < 4.78 is 6.22. The Balaban J connectivity index is 1.15. The van der Waals surface area contributed by atoms with Crippen LogP contribution in [0.15, 0.2) is 146 Å². The van der Waals surface area contributed by atoms with Crippen molar-refractivity contribution in [1.29, 1.82) is 0 Å². The molecule has 3 aromatic heterocycles. The van der Waals surface area contributed by atoms with Crippen molar-refractivity contribution in [2.75, 3.05) is 0 Å². The largest absolute Gasteiger partial charge is 0.309 e. The van der Waals surface area contributed by atoms with Crippen LogP contribution in [0.3, 0.4) is 0 Å². The smallest absolute Gasteiger partial charge is 0.124 e. The summed E-state index contributed by atoms with van der Waals surface area (Å²) in [6.45, 7) is 0. The number of aromatic nitrogens is 2. The van der Waals surface area contributed by atoms with Crippen molar-refractivity contribution in [3.63, 3.8) is 0 Å². The number of thiazole rings is 1. The molecule has 7 aromatic carbocycles. The van der Waals surface area contributed by atoms with Gasteiger partial charge in [0.25, 0.3) is 0 Å². The predicted molar refractivity (Wildman–Crippen MR) is 195 cm³/mol. The monoisotopic (exact) mass is 608 g/mol. The van der Waals surface area contributed by atoms with Gasteiger partial charge in [0.05, 0.1) is 21.3 Å². The number of para-hydroxylation sites is 1. The molecule has 0 bridgehead atoms. The Morgan fingerprint density at radius 3 is 2.04 bits per heavy atom. The number of thiophene rings is 1. The zero-order chi connectivity index (χ0) is 29.5.